The van der Waals surface area contributed by atoms with Gasteiger partial charge in [-0.15, -0.1) is 0 Å². The van der Waals surface area contributed by atoms with Gasteiger partial charge in [-0.05, 0) is 41.4 Å². The predicted molar refractivity (Wildman–Crippen MR) is 82.0 cm³/mol. The Kier molecular flexibility index (Phi) is 4.39. The van der Waals surface area contributed by atoms with Crippen molar-refractivity contribution in [2.24, 2.45) is 0 Å². The molecule has 2 atom stereocenters. The van der Waals surface area contributed by atoms with Gasteiger partial charge in [-0.2, -0.15) is 0 Å². The van der Waals surface area contributed by atoms with E-state index in [9.17, 15) is 9.90 Å². The molecule has 0 bridgehead atoms. The van der Waals surface area contributed by atoms with E-state index in [1.54, 1.807) is 0 Å². The third-order valence-corrected chi connectivity index (χ3v) is 4.75. The van der Waals surface area contributed by atoms with Gasteiger partial charge in [0, 0.05) is 23.0 Å². The van der Waals surface area contributed by atoms with Crippen molar-refractivity contribution in [2.45, 2.75) is 44.2 Å². The van der Waals surface area contributed by atoms with Crippen LogP contribution in [-0.4, -0.2) is 28.8 Å². The van der Waals surface area contributed by atoms with Crippen LogP contribution in [0.5, 0.6) is 0 Å². The highest BCUT2D eigenvalue weighted by molar-refractivity contribution is 9.10. The van der Waals surface area contributed by atoms with E-state index in [2.05, 4.69) is 21.2 Å². The first-order valence-electron chi connectivity index (χ1n) is 6.81. The largest absolute Gasteiger partial charge is 0.480 e. The Labute approximate surface area is 127 Å². The zero-order chi connectivity index (χ0) is 14.8. The van der Waals surface area contributed by atoms with Gasteiger partial charge in [0.15, 0.2) is 0 Å². The number of hydrogen-bond donors (Lipinski definition) is 2. The fraction of sp³-hybridized carbons (Fsp3) is 0.533. The Morgan fingerprint density at radius 1 is 1.50 bits per heavy atom. The van der Waals surface area contributed by atoms with Crippen LogP contribution < -0.4 is 5.32 Å². The van der Waals surface area contributed by atoms with Gasteiger partial charge >= 0.3 is 5.97 Å². The highest BCUT2D eigenvalue weighted by Gasteiger charge is 2.48. The monoisotopic (exact) mass is 341 g/mol. The molecular weight excluding hydrogens is 322 g/mol. The molecule has 1 aromatic rings. The Morgan fingerprint density at radius 2 is 2.20 bits per heavy atom. The van der Waals surface area contributed by atoms with E-state index in [4.69, 9.17) is 4.74 Å². The van der Waals surface area contributed by atoms with Gasteiger partial charge in [0.1, 0.15) is 5.54 Å². The summed E-state index contributed by atoms with van der Waals surface area (Å²) in [5.74, 6) is -0.823. The maximum Gasteiger partial charge on any atom is 0.329 e. The second kappa shape index (κ2) is 5.74. The molecule has 1 aliphatic heterocycles. The van der Waals surface area contributed by atoms with Crippen LogP contribution in [0.15, 0.2) is 28.7 Å². The van der Waals surface area contributed by atoms with Gasteiger partial charge in [0.25, 0.3) is 0 Å². The second-order valence-corrected chi connectivity index (χ2v) is 6.43. The summed E-state index contributed by atoms with van der Waals surface area (Å²) in [5, 5.41) is 13.0. The predicted octanol–water partition coefficient (Wildman–Crippen LogP) is 3.66. The molecule has 0 amide bonds. The van der Waals surface area contributed by atoms with Crippen LogP contribution in [0.3, 0.4) is 0 Å². The SMILES string of the molecule is CCC1(C)CC(Nc2ccccc2Br)(C(=O)O)CCO1. The standard InChI is InChI=1S/C15H20BrNO3/c1-3-14(2)10-15(13(18)19,8-9-20-14)17-12-7-5-4-6-11(12)16/h4-7,17H,3,8-10H2,1-2H3,(H,18,19). The molecule has 1 saturated heterocycles. The molecule has 1 aliphatic rings. The quantitative estimate of drug-likeness (QED) is 0.877. The Bertz CT molecular complexity index is 508. The molecule has 20 heavy (non-hydrogen) atoms. The van der Waals surface area contributed by atoms with Gasteiger partial charge in [-0.3, -0.25) is 0 Å². The molecule has 0 aromatic heterocycles. The van der Waals surface area contributed by atoms with Crippen molar-refractivity contribution >= 4 is 27.6 Å². The van der Waals surface area contributed by atoms with Crippen LogP contribution in [0.4, 0.5) is 5.69 Å². The van der Waals surface area contributed by atoms with Crippen molar-refractivity contribution in [3.8, 4) is 0 Å². The first-order valence-corrected chi connectivity index (χ1v) is 7.60. The summed E-state index contributed by atoms with van der Waals surface area (Å²) in [4.78, 5) is 11.9. The number of para-hydroxylation sites is 1. The Balaban J connectivity index is 2.31. The van der Waals surface area contributed by atoms with E-state index in [1.807, 2.05) is 38.1 Å². The van der Waals surface area contributed by atoms with E-state index in [0.29, 0.717) is 19.4 Å². The topological polar surface area (TPSA) is 58.6 Å². The maximum absolute atomic E-state index is 11.9. The minimum atomic E-state index is -0.979. The number of anilines is 1. The summed E-state index contributed by atoms with van der Waals surface area (Å²) in [6.07, 6.45) is 1.70. The zero-order valence-corrected chi connectivity index (χ0v) is 13.4. The summed E-state index contributed by atoms with van der Waals surface area (Å²) in [7, 11) is 0. The molecule has 2 N–H and O–H groups in total. The normalized spacial score (nSPS) is 29.9. The molecule has 0 saturated carbocycles. The molecule has 1 heterocycles. The van der Waals surface area contributed by atoms with Crippen LogP contribution in [0.2, 0.25) is 0 Å². The zero-order valence-electron chi connectivity index (χ0n) is 11.8. The number of hydrogen-bond acceptors (Lipinski definition) is 3. The van der Waals surface area contributed by atoms with Gasteiger partial charge in [0.05, 0.1) is 12.2 Å². The van der Waals surface area contributed by atoms with E-state index in [-0.39, 0.29) is 0 Å². The highest BCUT2D eigenvalue weighted by Crippen LogP contribution is 2.38. The van der Waals surface area contributed by atoms with Crippen molar-refractivity contribution in [2.75, 3.05) is 11.9 Å². The average molecular weight is 342 g/mol. The van der Waals surface area contributed by atoms with E-state index in [0.717, 1.165) is 16.6 Å². The van der Waals surface area contributed by atoms with Gasteiger partial charge in [-0.25, -0.2) is 4.79 Å². The van der Waals surface area contributed by atoms with Gasteiger partial charge < -0.3 is 15.2 Å². The number of rotatable bonds is 4. The number of nitrogens with one attached hydrogen (secondary N) is 1. The second-order valence-electron chi connectivity index (χ2n) is 5.57. The number of ether oxygens (including phenoxy) is 1. The first kappa shape index (κ1) is 15.3. The lowest BCUT2D eigenvalue weighted by Crippen LogP contribution is -2.56. The Hall–Kier alpha value is -1.07. The molecule has 0 aliphatic carbocycles. The Morgan fingerprint density at radius 3 is 2.80 bits per heavy atom. The molecule has 5 heteroatoms. The maximum atomic E-state index is 11.9. The summed E-state index contributed by atoms with van der Waals surface area (Å²) in [6.45, 7) is 4.45. The van der Waals surface area contributed by atoms with Crippen LogP contribution in [0, 0.1) is 0 Å². The first-order chi connectivity index (χ1) is 9.41. The molecule has 2 unspecified atom stereocenters. The fourth-order valence-corrected chi connectivity index (χ4v) is 3.02. The van der Waals surface area contributed by atoms with Crippen LogP contribution in [0.1, 0.15) is 33.1 Å². The molecule has 2 rings (SSSR count). The van der Waals surface area contributed by atoms with E-state index >= 15 is 0 Å². The van der Waals surface area contributed by atoms with Crippen molar-refractivity contribution < 1.29 is 14.6 Å². The smallest absolute Gasteiger partial charge is 0.329 e. The molecular formula is C15H20BrNO3. The van der Waals surface area contributed by atoms with Crippen LogP contribution in [-0.2, 0) is 9.53 Å². The minimum absolute atomic E-state index is 0.398. The molecule has 110 valence electrons. The molecule has 1 aromatic carbocycles. The molecule has 4 nitrogen and oxygen atoms in total. The van der Waals surface area contributed by atoms with E-state index < -0.39 is 17.1 Å². The van der Waals surface area contributed by atoms with Gasteiger partial charge in [-0.1, -0.05) is 19.1 Å². The highest BCUT2D eigenvalue weighted by atomic mass is 79.9. The van der Waals surface area contributed by atoms with Gasteiger partial charge in [0.2, 0.25) is 0 Å². The lowest BCUT2D eigenvalue weighted by molar-refractivity contribution is -0.154. The fourth-order valence-electron chi connectivity index (χ4n) is 2.64. The summed E-state index contributed by atoms with van der Waals surface area (Å²) in [5.41, 5.74) is -0.576. The number of aliphatic carboxylic acids is 1. The lowest BCUT2D eigenvalue weighted by Gasteiger charge is -2.44. The van der Waals surface area contributed by atoms with Crippen molar-refractivity contribution in [1.29, 1.82) is 0 Å². The number of carboxylic acids is 1. The summed E-state index contributed by atoms with van der Waals surface area (Å²) >= 11 is 3.46. The average Bonchev–Trinajstić information content (AvgIpc) is 2.41. The number of halogens is 1. The van der Waals surface area contributed by atoms with Crippen LogP contribution in [0.25, 0.3) is 0 Å². The molecule has 0 radical (unpaired) electrons. The van der Waals surface area contributed by atoms with Crippen molar-refractivity contribution in [1.82, 2.24) is 0 Å². The summed E-state index contributed by atoms with van der Waals surface area (Å²) in [6, 6.07) is 7.58. The lowest BCUT2D eigenvalue weighted by atomic mass is 9.79. The number of benzene rings is 1. The third kappa shape index (κ3) is 2.99. The van der Waals surface area contributed by atoms with Crippen molar-refractivity contribution in [3.05, 3.63) is 28.7 Å². The minimum Gasteiger partial charge on any atom is -0.480 e. The third-order valence-electron chi connectivity index (χ3n) is 4.06. The van der Waals surface area contributed by atoms with E-state index in [1.165, 1.54) is 0 Å². The molecule has 1 fully saturated rings. The number of carboxylic acid groups (broad SMARTS) is 1. The molecule has 0 spiro atoms. The van der Waals surface area contributed by atoms with Crippen molar-refractivity contribution in [3.63, 3.8) is 0 Å². The summed E-state index contributed by atoms with van der Waals surface area (Å²) < 4.78 is 6.64. The number of carbonyl (C=O) groups is 1. The van der Waals surface area contributed by atoms with Crippen LogP contribution >= 0.6 is 15.9 Å².